The SMILES string of the molecule is CCCCOc1ccc([C-]=O)cc1.[Y]. The Labute approximate surface area is 110 Å². The zero-order valence-electron chi connectivity index (χ0n) is 8.32. The molecule has 0 N–H and O–H groups in total. The minimum absolute atomic E-state index is 0. The molecule has 2 nitrogen and oxygen atoms in total. The minimum Gasteiger partial charge on any atom is -0.496 e. The molecule has 0 spiro atoms. The molecule has 0 saturated carbocycles. The molecule has 0 heterocycles. The smallest absolute Gasteiger partial charge is 0.0947 e. The van der Waals surface area contributed by atoms with Gasteiger partial charge in [0.25, 0.3) is 0 Å². The molecule has 0 bridgehead atoms. The molecular formula is C11H13O2Y-. The quantitative estimate of drug-likeness (QED) is 0.604. The van der Waals surface area contributed by atoms with Crippen LogP contribution in [0.1, 0.15) is 25.3 Å². The monoisotopic (exact) mass is 266 g/mol. The van der Waals surface area contributed by atoms with Crippen LogP contribution in [0.15, 0.2) is 24.3 Å². The Balaban J connectivity index is 0.00000169. The van der Waals surface area contributed by atoms with Crippen LogP contribution >= 0.6 is 0 Å². The molecule has 3 heteroatoms. The Bertz CT molecular complexity index is 256. The summed E-state index contributed by atoms with van der Waals surface area (Å²) < 4.78 is 5.42. The predicted octanol–water partition coefficient (Wildman–Crippen LogP) is 2.32. The molecule has 0 aliphatic carbocycles. The van der Waals surface area contributed by atoms with E-state index in [2.05, 4.69) is 6.92 Å². The standard InChI is InChI=1S/C11H13O2.Y/c1-2-3-8-13-11-6-4-10(9-12)5-7-11;/h4-7H,2-3,8H2,1H3;/q-1;. The van der Waals surface area contributed by atoms with Crippen LogP contribution in [0.2, 0.25) is 0 Å². The van der Waals surface area contributed by atoms with Gasteiger partial charge in [-0.1, -0.05) is 25.5 Å². The summed E-state index contributed by atoms with van der Waals surface area (Å²) in [6.45, 7) is 2.86. The molecule has 1 aromatic rings. The van der Waals surface area contributed by atoms with Crippen molar-refractivity contribution in [3.05, 3.63) is 29.8 Å². The average Bonchev–Trinajstić information content (AvgIpc) is 2.19. The molecule has 0 amide bonds. The largest absolute Gasteiger partial charge is 0.496 e. The van der Waals surface area contributed by atoms with Gasteiger partial charge in [-0.3, -0.25) is 0 Å². The second kappa shape index (κ2) is 8.13. The predicted molar refractivity (Wildman–Crippen MR) is 51.6 cm³/mol. The summed E-state index contributed by atoms with van der Waals surface area (Å²) in [4.78, 5) is 10.2. The van der Waals surface area contributed by atoms with E-state index in [9.17, 15) is 4.79 Å². The second-order valence-corrected chi connectivity index (χ2v) is 2.83. The Kier molecular flexibility index (Phi) is 8.01. The van der Waals surface area contributed by atoms with Crippen molar-refractivity contribution in [1.29, 1.82) is 0 Å². The molecule has 0 unspecified atom stereocenters. The van der Waals surface area contributed by atoms with Gasteiger partial charge in [0, 0.05) is 32.7 Å². The van der Waals surface area contributed by atoms with E-state index >= 15 is 0 Å². The minimum atomic E-state index is 0. The first kappa shape index (κ1) is 13.8. The van der Waals surface area contributed by atoms with Crippen LogP contribution in [0.25, 0.3) is 0 Å². The van der Waals surface area contributed by atoms with E-state index in [1.54, 1.807) is 24.3 Å². The fourth-order valence-corrected chi connectivity index (χ4v) is 0.954. The first-order valence-corrected chi connectivity index (χ1v) is 4.48. The fourth-order valence-electron chi connectivity index (χ4n) is 0.954. The molecule has 73 valence electrons. The maximum Gasteiger partial charge on any atom is 0.0947 e. The number of carbonyl (C=O) groups excluding carboxylic acids is 1. The molecule has 0 atom stereocenters. The van der Waals surface area contributed by atoms with Gasteiger partial charge in [0.15, 0.2) is 0 Å². The molecule has 0 aliphatic heterocycles. The maximum atomic E-state index is 10.2. The zero-order valence-corrected chi connectivity index (χ0v) is 11.2. The number of rotatable bonds is 5. The molecular weight excluding hydrogens is 253 g/mol. The van der Waals surface area contributed by atoms with Gasteiger partial charge < -0.3 is 9.53 Å². The summed E-state index contributed by atoms with van der Waals surface area (Å²) in [7, 11) is 0. The maximum absolute atomic E-state index is 10.2. The Hall–Kier alpha value is -0.206. The number of ether oxygens (including phenoxy) is 1. The van der Waals surface area contributed by atoms with Gasteiger partial charge in [-0.25, -0.2) is 0 Å². The molecule has 0 fully saturated rings. The first-order chi connectivity index (χ1) is 6.36. The van der Waals surface area contributed by atoms with Crippen molar-refractivity contribution in [2.24, 2.45) is 0 Å². The van der Waals surface area contributed by atoms with Crippen LogP contribution in [-0.2, 0) is 37.5 Å². The van der Waals surface area contributed by atoms with Crippen LogP contribution in [0.4, 0.5) is 0 Å². The molecule has 0 aromatic heterocycles. The third-order valence-corrected chi connectivity index (χ3v) is 1.74. The zero-order chi connectivity index (χ0) is 9.52. The number of hydrogen-bond acceptors (Lipinski definition) is 2. The van der Waals surface area contributed by atoms with E-state index in [-0.39, 0.29) is 32.7 Å². The average molecular weight is 266 g/mol. The van der Waals surface area contributed by atoms with Crippen LogP contribution in [0, 0.1) is 0 Å². The van der Waals surface area contributed by atoms with Gasteiger partial charge in [0.1, 0.15) is 0 Å². The van der Waals surface area contributed by atoms with Gasteiger partial charge >= 0.3 is 0 Å². The number of hydrogen-bond donors (Lipinski definition) is 0. The molecule has 1 radical (unpaired) electrons. The van der Waals surface area contributed by atoms with Crippen molar-refractivity contribution in [3.8, 4) is 5.75 Å². The Morgan fingerprint density at radius 3 is 2.43 bits per heavy atom. The van der Waals surface area contributed by atoms with Crippen molar-refractivity contribution in [2.45, 2.75) is 19.8 Å². The normalized spacial score (nSPS) is 8.93. The van der Waals surface area contributed by atoms with E-state index in [4.69, 9.17) is 4.74 Å². The number of unbranched alkanes of at least 4 members (excludes halogenated alkanes) is 1. The molecule has 14 heavy (non-hydrogen) atoms. The molecule has 1 rings (SSSR count). The molecule has 0 saturated heterocycles. The molecule has 1 aromatic carbocycles. The van der Waals surface area contributed by atoms with E-state index in [0.717, 1.165) is 25.2 Å². The van der Waals surface area contributed by atoms with Crippen molar-refractivity contribution in [1.82, 2.24) is 0 Å². The van der Waals surface area contributed by atoms with Crippen LogP contribution in [0.3, 0.4) is 0 Å². The van der Waals surface area contributed by atoms with Gasteiger partial charge in [0.05, 0.1) is 18.6 Å². The van der Waals surface area contributed by atoms with Gasteiger partial charge in [-0.15, -0.1) is 0 Å². The summed E-state index contributed by atoms with van der Waals surface area (Å²) in [6.07, 6.45) is 4.00. The summed E-state index contributed by atoms with van der Waals surface area (Å²) in [5, 5.41) is 0. The third kappa shape index (κ3) is 4.87. The Morgan fingerprint density at radius 2 is 1.93 bits per heavy atom. The van der Waals surface area contributed by atoms with E-state index in [0.29, 0.717) is 5.56 Å². The van der Waals surface area contributed by atoms with Gasteiger partial charge in [0.2, 0.25) is 0 Å². The summed E-state index contributed by atoms with van der Waals surface area (Å²) in [5.74, 6) is 0.812. The third-order valence-electron chi connectivity index (χ3n) is 1.74. The summed E-state index contributed by atoms with van der Waals surface area (Å²) >= 11 is 0. The summed E-state index contributed by atoms with van der Waals surface area (Å²) in [5.41, 5.74) is 0.558. The fraction of sp³-hybridized carbons (Fsp3) is 0.364. The van der Waals surface area contributed by atoms with Crippen molar-refractivity contribution >= 4 is 6.29 Å². The van der Waals surface area contributed by atoms with Crippen molar-refractivity contribution in [2.75, 3.05) is 6.61 Å². The molecule has 0 aliphatic rings. The second-order valence-electron chi connectivity index (χ2n) is 2.83. The van der Waals surface area contributed by atoms with E-state index in [1.807, 2.05) is 6.29 Å². The van der Waals surface area contributed by atoms with Gasteiger partial charge in [-0.2, -0.15) is 17.7 Å². The van der Waals surface area contributed by atoms with Crippen molar-refractivity contribution < 1.29 is 42.2 Å². The summed E-state index contributed by atoms with van der Waals surface area (Å²) in [6, 6.07) is 6.98. The first-order valence-electron chi connectivity index (χ1n) is 4.48. The van der Waals surface area contributed by atoms with Crippen LogP contribution in [0.5, 0.6) is 5.75 Å². The van der Waals surface area contributed by atoms with E-state index < -0.39 is 0 Å². The van der Waals surface area contributed by atoms with Crippen LogP contribution < -0.4 is 4.74 Å². The Morgan fingerprint density at radius 1 is 1.29 bits per heavy atom. The van der Waals surface area contributed by atoms with Crippen molar-refractivity contribution in [3.63, 3.8) is 0 Å². The number of benzene rings is 1. The van der Waals surface area contributed by atoms with Gasteiger partial charge in [-0.05, 0) is 6.42 Å². The van der Waals surface area contributed by atoms with Crippen LogP contribution in [-0.4, -0.2) is 12.9 Å². The topological polar surface area (TPSA) is 26.3 Å². The van der Waals surface area contributed by atoms with E-state index in [1.165, 1.54) is 0 Å².